The lowest BCUT2D eigenvalue weighted by Gasteiger charge is -2.37. The van der Waals surface area contributed by atoms with Crippen LogP contribution in [-0.4, -0.2) is 83.7 Å². The number of halogens is 1. The second-order valence-electron chi connectivity index (χ2n) is 14.1. The van der Waals surface area contributed by atoms with Gasteiger partial charge >= 0.3 is 6.09 Å². The molecule has 0 radical (unpaired) electrons. The molecule has 0 fully saturated rings. The first-order chi connectivity index (χ1) is 21.7. The first kappa shape index (κ1) is 39.0. The average Bonchev–Trinajstić information content (AvgIpc) is 2.95. The maximum absolute atomic E-state index is 14.2. The molecule has 3 atom stereocenters. The zero-order valence-electron chi connectivity index (χ0n) is 29.4. The van der Waals surface area contributed by atoms with E-state index < -0.39 is 59.3 Å². The smallest absolute Gasteiger partial charge is 0.408 e. The third-order valence-electron chi connectivity index (χ3n) is 7.61. The van der Waals surface area contributed by atoms with Crippen molar-refractivity contribution in [3.05, 3.63) is 65.0 Å². The number of carbonyl (C=O) groups excluding carboxylic acids is 4. The van der Waals surface area contributed by atoms with Crippen LogP contribution in [0.4, 0.5) is 9.18 Å². The molecule has 0 aliphatic heterocycles. The monoisotopic (exact) mass is 658 g/mol. The molecule has 0 heterocycles. The van der Waals surface area contributed by atoms with Crippen LogP contribution < -0.4 is 10.8 Å². The number of hydrogen-bond donors (Lipinski definition) is 3. The molecule has 0 aromatic heterocycles. The first-order valence-electron chi connectivity index (χ1n) is 15.6. The molecule has 2 rings (SSSR count). The lowest BCUT2D eigenvalue weighted by atomic mass is 9.84. The number of nitrogens with one attached hydrogen (secondary N) is 2. The summed E-state index contributed by atoms with van der Waals surface area (Å²) in [7, 11) is 4.24. The fraction of sp³-hybridized carbons (Fsp3) is 0.543. The second kappa shape index (κ2) is 16.1. The Morgan fingerprint density at radius 1 is 0.872 bits per heavy atom. The van der Waals surface area contributed by atoms with Gasteiger partial charge in [0.05, 0.1) is 7.11 Å². The molecule has 0 bridgehead atoms. The van der Waals surface area contributed by atoms with Crippen molar-refractivity contribution in [2.24, 2.45) is 5.92 Å². The van der Waals surface area contributed by atoms with Crippen LogP contribution in [0, 0.1) is 11.7 Å². The second-order valence-corrected chi connectivity index (χ2v) is 14.1. The number of phenolic OH excluding ortho intramolecular Hbond substituents is 1. The van der Waals surface area contributed by atoms with Gasteiger partial charge < -0.3 is 25.0 Å². The van der Waals surface area contributed by atoms with Crippen molar-refractivity contribution < 1.29 is 38.2 Å². The summed E-state index contributed by atoms with van der Waals surface area (Å²) in [5.41, 5.74) is 3.08. The van der Waals surface area contributed by atoms with Crippen LogP contribution in [0.2, 0.25) is 0 Å². The van der Waals surface area contributed by atoms with E-state index in [-0.39, 0.29) is 24.0 Å². The van der Waals surface area contributed by atoms with Crippen molar-refractivity contribution >= 4 is 23.8 Å². The predicted molar refractivity (Wildman–Crippen MR) is 177 cm³/mol. The molecular weight excluding hydrogens is 607 g/mol. The minimum atomic E-state index is -1.15. The lowest BCUT2D eigenvalue weighted by molar-refractivity contribution is -0.152. The van der Waals surface area contributed by atoms with Crippen molar-refractivity contribution in [3.63, 3.8) is 0 Å². The number of likely N-dealkylation sites (N-methyl/N-ethyl adjacent to an activating group) is 2. The van der Waals surface area contributed by atoms with Crippen LogP contribution in [0.1, 0.15) is 72.1 Å². The van der Waals surface area contributed by atoms with Crippen molar-refractivity contribution in [3.8, 4) is 5.75 Å². The Kier molecular flexibility index (Phi) is 13.3. The largest absolute Gasteiger partial charge is 0.508 e. The number of ether oxygens (including phenoxy) is 1. The topological polar surface area (TPSA) is 138 Å². The van der Waals surface area contributed by atoms with Crippen LogP contribution in [-0.2, 0) is 42.2 Å². The fourth-order valence-electron chi connectivity index (χ4n) is 5.26. The highest BCUT2D eigenvalue weighted by atomic mass is 19.1. The Bertz CT molecular complexity index is 1400. The standard InChI is InChI=1S/C35H51FN4O7/c1-21(2)29(40(10)31(43)26(37-33(45)47-35(6,7)8)19-22-12-15-24(36)16-13-22)32(44)39(9)27(30(42)38-46-11)20-23-14-17-28(41)25(18-23)34(3,4)5/h12-18,21,26-27,29,41H,19-20H2,1-11H3,(H,37,45)(H,38,42)/t26-,27-,29-/m0/s1. The molecule has 0 saturated heterocycles. The van der Waals surface area contributed by atoms with Crippen molar-refractivity contribution in [1.29, 1.82) is 0 Å². The van der Waals surface area contributed by atoms with E-state index in [0.717, 1.165) is 0 Å². The van der Waals surface area contributed by atoms with Gasteiger partial charge in [0.2, 0.25) is 11.8 Å². The highest BCUT2D eigenvalue weighted by Crippen LogP contribution is 2.32. The van der Waals surface area contributed by atoms with Gasteiger partial charge in [0, 0.05) is 26.9 Å². The Morgan fingerprint density at radius 3 is 1.96 bits per heavy atom. The third-order valence-corrected chi connectivity index (χ3v) is 7.61. The summed E-state index contributed by atoms with van der Waals surface area (Å²) in [5, 5.41) is 13.1. The number of benzene rings is 2. The van der Waals surface area contributed by atoms with Gasteiger partial charge in [0.25, 0.3) is 5.91 Å². The quantitative estimate of drug-likeness (QED) is 0.286. The maximum Gasteiger partial charge on any atom is 0.408 e. The highest BCUT2D eigenvalue weighted by molar-refractivity contribution is 5.94. The lowest BCUT2D eigenvalue weighted by Crippen LogP contribution is -2.59. The summed E-state index contributed by atoms with van der Waals surface area (Å²) in [5.74, 6) is -2.40. The molecule has 2 aromatic rings. The van der Waals surface area contributed by atoms with Gasteiger partial charge in [-0.05, 0) is 67.0 Å². The number of hydrogen-bond acceptors (Lipinski definition) is 7. The molecule has 0 spiro atoms. The molecule has 2 aromatic carbocycles. The van der Waals surface area contributed by atoms with Crippen molar-refractivity contribution in [2.45, 2.75) is 97.4 Å². The van der Waals surface area contributed by atoms with Gasteiger partial charge in [-0.25, -0.2) is 14.7 Å². The summed E-state index contributed by atoms with van der Waals surface area (Å²) in [6.45, 7) is 14.5. The van der Waals surface area contributed by atoms with Gasteiger partial charge in [-0.1, -0.05) is 58.9 Å². The third kappa shape index (κ3) is 11.2. The van der Waals surface area contributed by atoms with Gasteiger partial charge in [-0.15, -0.1) is 0 Å². The molecular formula is C35H51FN4O7. The van der Waals surface area contributed by atoms with E-state index >= 15 is 0 Å². The summed E-state index contributed by atoms with van der Waals surface area (Å²) >= 11 is 0. The summed E-state index contributed by atoms with van der Waals surface area (Å²) in [6, 6.07) is 7.36. The molecule has 12 heteroatoms. The number of phenols is 1. The van der Waals surface area contributed by atoms with E-state index in [4.69, 9.17) is 9.57 Å². The van der Waals surface area contributed by atoms with Crippen LogP contribution in [0.25, 0.3) is 0 Å². The van der Waals surface area contributed by atoms with Gasteiger partial charge in [-0.2, -0.15) is 0 Å². The van der Waals surface area contributed by atoms with E-state index in [0.29, 0.717) is 16.7 Å². The number of nitrogens with zero attached hydrogens (tertiary/aromatic N) is 2. The van der Waals surface area contributed by atoms with Crippen LogP contribution in [0.15, 0.2) is 42.5 Å². The molecule has 4 amide bonds. The zero-order chi connectivity index (χ0) is 35.9. The summed E-state index contributed by atoms with van der Waals surface area (Å²) < 4.78 is 19.0. The molecule has 0 saturated carbocycles. The summed E-state index contributed by atoms with van der Waals surface area (Å²) in [4.78, 5) is 61.7. The van der Waals surface area contributed by atoms with Crippen LogP contribution >= 0.6 is 0 Å². The minimum absolute atomic E-state index is 0.00732. The van der Waals surface area contributed by atoms with Crippen LogP contribution in [0.5, 0.6) is 5.75 Å². The molecule has 0 unspecified atom stereocenters. The summed E-state index contributed by atoms with van der Waals surface area (Å²) in [6.07, 6.45) is -0.722. The minimum Gasteiger partial charge on any atom is -0.508 e. The van der Waals surface area contributed by atoms with Crippen LogP contribution in [0.3, 0.4) is 0 Å². The SMILES string of the molecule is CONC(=O)[C@H](Cc1ccc(O)c(C(C)(C)C)c1)N(C)C(=O)[C@H](C(C)C)N(C)C(=O)[C@H](Cc1ccc(F)cc1)NC(=O)OC(C)(C)C. The normalized spacial score (nSPS) is 13.7. The Morgan fingerprint density at radius 2 is 1.45 bits per heavy atom. The number of hydroxylamine groups is 1. The Balaban J connectivity index is 2.45. The molecule has 0 aliphatic rings. The number of rotatable bonds is 12. The number of carbonyl (C=O) groups is 4. The van der Waals surface area contributed by atoms with Crippen molar-refractivity contribution in [2.75, 3.05) is 21.2 Å². The zero-order valence-corrected chi connectivity index (χ0v) is 29.4. The van der Waals surface area contributed by atoms with E-state index in [1.165, 1.54) is 55.3 Å². The van der Waals surface area contributed by atoms with E-state index in [1.54, 1.807) is 52.8 Å². The van der Waals surface area contributed by atoms with Gasteiger partial charge in [0.15, 0.2) is 0 Å². The number of alkyl carbamates (subject to hydrolysis) is 1. The van der Waals surface area contributed by atoms with E-state index in [1.807, 2.05) is 20.8 Å². The molecule has 3 N–H and O–H groups in total. The van der Waals surface area contributed by atoms with Gasteiger partial charge in [-0.3, -0.25) is 19.2 Å². The Labute approximate surface area is 277 Å². The first-order valence-corrected chi connectivity index (χ1v) is 15.6. The molecule has 11 nitrogen and oxygen atoms in total. The number of aromatic hydroxyl groups is 1. The molecule has 47 heavy (non-hydrogen) atoms. The molecule has 0 aliphatic carbocycles. The fourth-order valence-corrected chi connectivity index (χ4v) is 5.26. The average molecular weight is 659 g/mol. The Hall–Kier alpha value is -4.19. The molecule has 260 valence electrons. The number of amides is 4. The van der Waals surface area contributed by atoms with E-state index in [9.17, 15) is 28.7 Å². The maximum atomic E-state index is 14.2. The highest BCUT2D eigenvalue weighted by Gasteiger charge is 2.39. The van der Waals surface area contributed by atoms with Gasteiger partial charge in [0.1, 0.15) is 35.3 Å². The van der Waals surface area contributed by atoms with Crippen molar-refractivity contribution in [1.82, 2.24) is 20.6 Å². The predicted octanol–water partition coefficient (Wildman–Crippen LogP) is 4.49. The van der Waals surface area contributed by atoms with E-state index in [2.05, 4.69) is 10.8 Å².